The molecule has 1 N–H and O–H groups in total. The Labute approximate surface area is 152 Å². The Morgan fingerprint density at radius 1 is 1.28 bits per heavy atom. The second-order valence-electron chi connectivity index (χ2n) is 6.56. The van der Waals surface area contributed by atoms with Crippen molar-refractivity contribution in [3.63, 3.8) is 0 Å². The zero-order valence-electron chi connectivity index (χ0n) is 14.8. The van der Waals surface area contributed by atoms with Gasteiger partial charge in [0.1, 0.15) is 0 Å². The highest BCUT2D eigenvalue weighted by Crippen LogP contribution is 2.44. The van der Waals surface area contributed by atoms with Gasteiger partial charge < -0.3 is 19.9 Å². The number of benzene rings is 1. The molecule has 136 valence electrons. The largest absolute Gasteiger partial charge is 0.383 e. The lowest BCUT2D eigenvalue weighted by atomic mass is 10.0. The van der Waals surface area contributed by atoms with Crippen molar-refractivity contribution in [3.05, 3.63) is 29.8 Å². The van der Waals surface area contributed by atoms with Gasteiger partial charge in [-0.05, 0) is 31.9 Å². The van der Waals surface area contributed by atoms with E-state index in [0.717, 1.165) is 24.1 Å². The van der Waals surface area contributed by atoms with Gasteiger partial charge in [0, 0.05) is 32.4 Å². The number of hydrogen-bond donors (Lipinski definition) is 1. The highest BCUT2D eigenvalue weighted by molar-refractivity contribution is 8.01. The second kappa shape index (κ2) is 7.66. The Morgan fingerprint density at radius 3 is 2.60 bits per heavy atom. The molecule has 1 aromatic rings. The van der Waals surface area contributed by atoms with Crippen LogP contribution in [0.1, 0.15) is 18.4 Å². The third-order valence-corrected chi connectivity index (χ3v) is 6.47. The maximum Gasteiger partial charge on any atom is 0.321 e. The predicted octanol–water partition coefficient (Wildman–Crippen LogP) is 2.54. The number of rotatable bonds is 4. The highest BCUT2D eigenvalue weighted by Gasteiger charge is 2.48. The Bertz CT molecular complexity index is 627. The lowest BCUT2D eigenvalue weighted by Crippen LogP contribution is -2.54. The molecular weight excluding hydrogens is 338 g/mol. The first-order valence-corrected chi connectivity index (χ1v) is 9.59. The SMILES string of the molecule is COCCN1C(=O)CSC12CCN(C(=O)Nc1ccc(C)cc1)CC2. The van der Waals surface area contributed by atoms with E-state index in [9.17, 15) is 9.59 Å². The fourth-order valence-electron chi connectivity index (χ4n) is 3.40. The average Bonchev–Trinajstić information content (AvgIpc) is 2.91. The van der Waals surface area contributed by atoms with Crippen LogP contribution in [0.2, 0.25) is 0 Å². The molecule has 7 heteroatoms. The van der Waals surface area contributed by atoms with Crippen molar-refractivity contribution in [1.29, 1.82) is 0 Å². The molecule has 3 amide bonds. The van der Waals surface area contributed by atoms with Crippen LogP contribution in [0, 0.1) is 6.92 Å². The third-order valence-electron chi connectivity index (χ3n) is 4.91. The number of nitrogens with one attached hydrogen (secondary N) is 1. The highest BCUT2D eigenvalue weighted by atomic mass is 32.2. The molecule has 2 saturated heterocycles. The van der Waals surface area contributed by atoms with Crippen molar-refractivity contribution in [2.75, 3.05) is 44.4 Å². The Balaban J connectivity index is 1.58. The smallest absolute Gasteiger partial charge is 0.321 e. The van der Waals surface area contributed by atoms with Gasteiger partial charge in [0.15, 0.2) is 0 Å². The molecule has 0 aliphatic carbocycles. The number of piperidine rings is 1. The molecule has 2 aliphatic heterocycles. The number of hydrogen-bond acceptors (Lipinski definition) is 4. The topological polar surface area (TPSA) is 61.9 Å². The van der Waals surface area contributed by atoms with Gasteiger partial charge in [-0.15, -0.1) is 11.8 Å². The molecule has 1 aromatic carbocycles. The lowest BCUT2D eigenvalue weighted by Gasteiger charge is -2.43. The Morgan fingerprint density at radius 2 is 1.96 bits per heavy atom. The second-order valence-corrected chi connectivity index (χ2v) is 7.89. The van der Waals surface area contributed by atoms with Crippen LogP contribution < -0.4 is 5.32 Å². The third kappa shape index (κ3) is 3.93. The summed E-state index contributed by atoms with van der Waals surface area (Å²) in [6.07, 6.45) is 1.60. The molecule has 2 heterocycles. The van der Waals surface area contributed by atoms with Gasteiger partial charge in [-0.3, -0.25) is 4.79 Å². The monoisotopic (exact) mass is 363 g/mol. The number of carbonyl (C=O) groups excluding carboxylic acids is 2. The van der Waals surface area contributed by atoms with E-state index < -0.39 is 0 Å². The standard InChI is InChI=1S/C18H25N3O3S/c1-14-3-5-15(6-4-14)19-17(23)20-9-7-18(8-10-20)21(11-12-24-2)16(22)13-25-18/h3-6H,7-13H2,1-2H3,(H,19,23). The molecule has 0 bridgehead atoms. The fourth-order valence-corrected chi connectivity index (χ4v) is 4.77. The molecule has 0 atom stereocenters. The van der Waals surface area contributed by atoms with E-state index in [4.69, 9.17) is 4.74 Å². The van der Waals surface area contributed by atoms with Crippen molar-refractivity contribution < 1.29 is 14.3 Å². The molecule has 6 nitrogen and oxygen atoms in total. The number of likely N-dealkylation sites (tertiary alicyclic amines) is 1. The number of methoxy groups -OCH3 is 1. The van der Waals surface area contributed by atoms with E-state index >= 15 is 0 Å². The molecule has 0 unspecified atom stereocenters. The summed E-state index contributed by atoms with van der Waals surface area (Å²) < 4.78 is 5.14. The van der Waals surface area contributed by atoms with E-state index in [2.05, 4.69) is 5.32 Å². The summed E-state index contributed by atoms with van der Waals surface area (Å²) in [7, 11) is 1.65. The molecule has 0 radical (unpaired) electrons. The van der Waals surface area contributed by atoms with Crippen LogP contribution in [0.4, 0.5) is 10.5 Å². The van der Waals surface area contributed by atoms with Crippen LogP contribution in [0.25, 0.3) is 0 Å². The molecule has 1 spiro atoms. The number of thioether (sulfide) groups is 1. The molecular formula is C18H25N3O3S. The predicted molar refractivity (Wildman–Crippen MR) is 99.8 cm³/mol. The first kappa shape index (κ1) is 18.1. The number of ether oxygens (including phenoxy) is 1. The van der Waals surface area contributed by atoms with Crippen molar-refractivity contribution in [2.45, 2.75) is 24.6 Å². The summed E-state index contributed by atoms with van der Waals surface area (Å²) in [5.74, 6) is 0.707. The van der Waals surface area contributed by atoms with E-state index in [-0.39, 0.29) is 16.8 Å². The Hall–Kier alpha value is -1.73. The van der Waals surface area contributed by atoms with Crippen LogP contribution in [-0.4, -0.2) is 65.7 Å². The van der Waals surface area contributed by atoms with Gasteiger partial charge in [0.05, 0.1) is 17.2 Å². The van der Waals surface area contributed by atoms with E-state index in [1.165, 1.54) is 0 Å². The van der Waals surface area contributed by atoms with Gasteiger partial charge >= 0.3 is 6.03 Å². The molecule has 2 fully saturated rings. The summed E-state index contributed by atoms with van der Waals surface area (Å²) in [6.45, 7) is 4.50. The zero-order chi connectivity index (χ0) is 17.9. The number of amides is 3. The number of carbonyl (C=O) groups is 2. The van der Waals surface area contributed by atoms with Crippen LogP contribution in [-0.2, 0) is 9.53 Å². The number of anilines is 1. The van der Waals surface area contributed by atoms with Gasteiger partial charge in [0.25, 0.3) is 0 Å². The van der Waals surface area contributed by atoms with Gasteiger partial charge in [-0.1, -0.05) is 17.7 Å². The normalized spacial score (nSPS) is 19.5. The first-order chi connectivity index (χ1) is 12.0. The van der Waals surface area contributed by atoms with Gasteiger partial charge in [0.2, 0.25) is 5.91 Å². The molecule has 25 heavy (non-hydrogen) atoms. The minimum atomic E-state index is -0.170. The fraction of sp³-hybridized carbons (Fsp3) is 0.556. The van der Waals surface area contributed by atoms with Crippen molar-refractivity contribution in [1.82, 2.24) is 9.80 Å². The van der Waals surface area contributed by atoms with Crippen LogP contribution >= 0.6 is 11.8 Å². The minimum Gasteiger partial charge on any atom is -0.383 e. The zero-order valence-corrected chi connectivity index (χ0v) is 15.6. The Kier molecular flexibility index (Phi) is 5.54. The van der Waals surface area contributed by atoms with Crippen LogP contribution in [0.15, 0.2) is 24.3 Å². The number of nitrogens with zero attached hydrogens (tertiary/aromatic N) is 2. The summed E-state index contributed by atoms with van der Waals surface area (Å²) in [5, 5.41) is 2.95. The summed E-state index contributed by atoms with van der Waals surface area (Å²) in [4.78, 5) is 28.3. The van der Waals surface area contributed by atoms with Crippen molar-refractivity contribution in [3.8, 4) is 0 Å². The van der Waals surface area contributed by atoms with E-state index in [1.807, 2.05) is 41.0 Å². The molecule has 2 aliphatic rings. The van der Waals surface area contributed by atoms with E-state index in [1.54, 1.807) is 18.9 Å². The van der Waals surface area contributed by atoms with Crippen molar-refractivity contribution >= 4 is 29.4 Å². The molecule has 3 rings (SSSR count). The average molecular weight is 363 g/mol. The van der Waals surface area contributed by atoms with E-state index in [0.29, 0.717) is 32.0 Å². The van der Waals surface area contributed by atoms with Crippen molar-refractivity contribution in [2.24, 2.45) is 0 Å². The first-order valence-electron chi connectivity index (χ1n) is 8.60. The molecule has 0 saturated carbocycles. The maximum absolute atomic E-state index is 12.5. The summed E-state index contributed by atoms with van der Waals surface area (Å²) >= 11 is 1.71. The van der Waals surface area contributed by atoms with Crippen LogP contribution in [0.5, 0.6) is 0 Å². The summed E-state index contributed by atoms with van der Waals surface area (Å²) in [5.41, 5.74) is 1.97. The van der Waals surface area contributed by atoms with Crippen LogP contribution in [0.3, 0.4) is 0 Å². The summed E-state index contributed by atoms with van der Waals surface area (Å²) in [6, 6.07) is 7.72. The minimum absolute atomic E-state index is 0.0727. The number of aryl methyl sites for hydroxylation is 1. The maximum atomic E-state index is 12.5. The number of urea groups is 1. The quantitative estimate of drug-likeness (QED) is 0.893. The molecule has 0 aromatic heterocycles. The van der Waals surface area contributed by atoms with Gasteiger partial charge in [-0.2, -0.15) is 0 Å². The van der Waals surface area contributed by atoms with Gasteiger partial charge in [-0.25, -0.2) is 4.79 Å². The lowest BCUT2D eigenvalue weighted by molar-refractivity contribution is -0.131.